The second-order valence-corrected chi connectivity index (χ2v) is 6.16. The number of carboxylic acid groups (broad SMARTS) is 1. The van der Waals surface area contributed by atoms with Crippen molar-refractivity contribution in [1.82, 2.24) is 19.4 Å². The number of aromatic nitrogens is 3. The first-order valence-electron chi connectivity index (χ1n) is 8.21. The molecule has 1 atom stereocenters. The minimum Gasteiger partial charge on any atom is -0.480 e. The summed E-state index contributed by atoms with van der Waals surface area (Å²) < 4.78 is 2.32. The Balaban J connectivity index is 1.69. The summed E-state index contributed by atoms with van der Waals surface area (Å²) in [6.07, 6.45) is 6.79. The van der Waals surface area contributed by atoms with Crippen molar-refractivity contribution in [1.29, 1.82) is 0 Å². The summed E-state index contributed by atoms with van der Waals surface area (Å²) in [6, 6.07) is 4.71. The van der Waals surface area contributed by atoms with Gasteiger partial charge in [0.15, 0.2) is 0 Å². The van der Waals surface area contributed by atoms with Crippen molar-refractivity contribution < 1.29 is 9.90 Å². The fraction of sp³-hybridized carbons (Fsp3) is 0.471. The van der Waals surface area contributed by atoms with E-state index in [9.17, 15) is 4.79 Å². The first kappa shape index (κ1) is 16.4. The van der Waals surface area contributed by atoms with Crippen molar-refractivity contribution in [2.75, 3.05) is 25.0 Å². The van der Waals surface area contributed by atoms with Crippen LogP contribution in [-0.4, -0.2) is 50.6 Å². The minimum absolute atomic E-state index is 0.111. The summed E-state index contributed by atoms with van der Waals surface area (Å²) in [5.74, 6) is -0.465. The Bertz CT molecular complexity index is 697. The molecule has 1 N–H and O–H groups in total. The highest BCUT2D eigenvalue weighted by atomic mass is 16.4. The fourth-order valence-electron chi connectivity index (χ4n) is 3.30. The van der Waals surface area contributed by atoms with Gasteiger partial charge in [0.2, 0.25) is 5.95 Å². The molecule has 1 aliphatic heterocycles. The molecule has 0 spiro atoms. The number of nitrogens with zero attached hydrogens (tertiary/aromatic N) is 5. The van der Waals surface area contributed by atoms with E-state index in [0.29, 0.717) is 12.0 Å². The average molecular weight is 329 g/mol. The molecule has 0 aliphatic carbocycles. The molecule has 7 heteroatoms. The summed E-state index contributed by atoms with van der Waals surface area (Å²) >= 11 is 0. The van der Waals surface area contributed by atoms with Crippen molar-refractivity contribution >= 4 is 11.9 Å². The molecule has 0 aromatic carbocycles. The summed E-state index contributed by atoms with van der Waals surface area (Å²) in [4.78, 5) is 23.3. The lowest BCUT2D eigenvalue weighted by atomic mass is 10.1. The molecule has 0 bridgehead atoms. The van der Waals surface area contributed by atoms with E-state index < -0.39 is 5.97 Å². The number of carboxylic acids is 1. The topological polar surface area (TPSA) is 74.5 Å². The zero-order valence-electron chi connectivity index (χ0n) is 14.1. The third-order valence-corrected chi connectivity index (χ3v) is 4.45. The van der Waals surface area contributed by atoms with Crippen LogP contribution in [0.3, 0.4) is 0 Å². The van der Waals surface area contributed by atoms with E-state index in [1.54, 1.807) is 19.4 Å². The fourth-order valence-corrected chi connectivity index (χ4v) is 3.30. The summed E-state index contributed by atoms with van der Waals surface area (Å²) in [7, 11) is 1.68. The van der Waals surface area contributed by atoms with Gasteiger partial charge in [-0.25, -0.2) is 9.97 Å². The van der Waals surface area contributed by atoms with Crippen molar-refractivity contribution in [2.24, 2.45) is 0 Å². The van der Waals surface area contributed by atoms with E-state index in [1.807, 2.05) is 0 Å². The molecule has 0 radical (unpaired) electrons. The molecule has 2 aromatic rings. The second kappa shape index (κ2) is 7.00. The maximum atomic E-state index is 10.8. The van der Waals surface area contributed by atoms with Crippen LogP contribution >= 0.6 is 0 Å². The molecule has 0 fully saturated rings. The van der Waals surface area contributed by atoms with E-state index in [2.05, 4.69) is 44.7 Å². The van der Waals surface area contributed by atoms with Gasteiger partial charge in [-0.2, -0.15) is 0 Å². The summed E-state index contributed by atoms with van der Waals surface area (Å²) in [5, 5.41) is 8.83. The molecule has 1 aliphatic rings. The van der Waals surface area contributed by atoms with Crippen LogP contribution in [0, 0.1) is 0 Å². The first-order valence-corrected chi connectivity index (χ1v) is 8.21. The molecule has 0 saturated carbocycles. The average Bonchev–Trinajstić information content (AvgIpc) is 3.03. The van der Waals surface area contributed by atoms with Gasteiger partial charge in [0.25, 0.3) is 0 Å². The van der Waals surface area contributed by atoms with Gasteiger partial charge in [0.1, 0.15) is 6.54 Å². The monoisotopic (exact) mass is 329 g/mol. The third kappa shape index (κ3) is 3.41. The van der Waals surface area contributed by atoms with E-state index in [1.165, 1.54) is 10.6 Å². The molecule has 128 valence electrons. The number of likely N-dealkylation sites (N-methyl/N-ethyl adjacent to an activating group) is 1. The van der Waals surface area contributed by atoms with Crippen LogP contribution in [0.2, 0.25) is 0 Å². The van der Waals surface area contributed by atoms with Crippen molar-refractivity contribution in [2.45, 2.75) is 32.5 Å². The van der Waals surface area contributed by atoms with Crippen molar-refractivity contribution in [3.05, 3.63) is 42.0 Å². The van der Waals surface area contributed by atoms with Gasteiger partial charge in [-0.15, -0.1) is 0 Å². The van der Waals surface area contributed by atoms with E-state index >= 15 is 0 Å². The van der Waals surface area contributed by atoms with Crippen LogP contribution in [0.4, 0.5) is 5.95 Å². The Morgan fingerprint density at radius 1 is 1.38 bits per heavy atom. The molecule has 0 saturated heterocycles. The lowest BCUT2D eigenvalue weighted by molar-refractivity contribution is -0.135. The smallest absolute Gasteiger partial charge is 0.323 e. The number of rotatable bonds is 6. The largest absolute Gasteiger partial charge is 0.480 e. The number of hydrogen-bond donors (Lipinski definition) is 1. The van der Waals surface area contributed by atoms with Crippen molar-refractivity contribution in [3.8, 4) is 0 Å². The second-order valence-electron chi connectivity index (χ2n) is 6.16. The molecule has 0 unspecified atom stereocenters. The Morgan fingerprint density at radius 3 is 2.79 bits per heavy atom. The van der Waals surface area contributed by atoms with Crippen LogP contribution in [0.15, 0.2) is 30.7 Å². The van der Waals surface area contributed by atoms with Gasteiger partial charge < -0.3 is 14.6 Å². The van der Waals surface area contributed by atoms with Crippen LogP contribution < -0.4 is 4.90 Å². The zero-order chi connectivity index (χ0) is 17.1. The number of carbonyl (C=O) groups is 1. The highest BCUT2D eigenvalue weighted by Gasteiger charge is 2.25. The number of aliphatic carboxylic acids is 1. The number of hydrogen-bond acceptors (Lipinski definition) is 5. The van der Waals surface area contributed by atoms with Gasteiger partial charge in [0, 0.05) is 56.5 Å². The number of fused-ring (bicyclic) bond motifs is 1. The normalized spacial score (nSPS) is 17.5. The SMILES string of the molecule is CC[C@H]1c2cccn2CCN1Cc1cnc(N(C)CC(=O)O)nc1. The van der Waals surface area contributed by atoms with Crippen LogP contribution in [0.25, 0.3) is 0 Å². The highest BCUT2D eigenvalue weighted by Crippen LogP contribution is 2.29. The molecule has 3 rings (SSSR count). The van der Waals surface area contributed by atoms with Gasteiger partial charge in [-0.3, -0.25) is 9.69 Å². The van der Waals surface area contributed by atoms with E-state index in [0.717, 1.165) is 31.6 Å². The lowest BCUT2D eigenvalue weighted by Crippen LogP contribution is -2.37. The standard InChI is InChI=1S/C17H23N5O2/c1-3-14-15-5-4-6-21(15)7-8-22(14)11-13-9-18-17(19-10-13)20(2)12-16(23)24/h4-6,9-10,14H,3,7-8,11-12H2,1-2H3,(H,23,24)/t14-/m0/s1. The maximum Gasteiger partial charge on any atom is 0.323 e. The Hall–Kier alpha value is -2.41. The van der Waals surface area contributed by atoms with E-state index in [4.69, 9.17) is 5.11 Å². The molecule has 24 heavy (non-hydrogen) atoms. The maximum absolute atomic E-state index is 10.8. The molecule has 2 aromatic heterocycles. The molecule has 3 heterocycles. The predicted molar refractivity (Wildman–Crippen MR) is 90.8 cm³/mol. The zero-order valence-corrected chi connectivity index (χ0v) is 14.1. The highest BCUT2D eigenvalue weighted by molar-refractivity contribution is 5.72. The third-order valence-electron chi connectivity index (χ3n) is 4.45. The molecule has 0 amide bonds. The summed E-state index contributed by atoms with van der Waals surface area (Å²) in [6.45, 7) is 4.90. The lowest BCUT2D eigenvalue weighted by Gasteiger charge is -2.36. The van der Waals surface area contributed by atoms with Gasteiger partial charge in [0.05, 0.1) is 6.04 Å². The molecular formula is C17H23N5O2. The Morgan fingerprint density at radius 2 is 2.12 bits per heavy atom. The van der Waals surface area contributed by atoms with Crippen LogP contribution in [-0.2, 0) is 17.9 Å². The van der Waals surface area contributed by atoms with Gasteiger partial charge in [-0.1, -0.05) is 6.92 Å². The molecule has 7 nitrogen and oxygen atoms in total. The van der Waals surface area contributed by atoms with Crippen LogP contribution in [0.5, 0.6) is 0 Å². The minimum atomic E-state index is -0.896. The van der Waals surface area contributed by atoms with Crippen LogP contribution in [0.1, 0.15) is 30.6 Å². The van der Waals surface area contributed by atoms with Gasteiger partial charge >= 0.3 is 5.97 Å². The van der Waals surface area contributed by atoms with Gasteiger partial charge in [-0.05, 0) is 18.6 Å². The first-order chi connectivity index (χ1) is 11.6. The Labute approximate surface area is 141 Å². The van der Waals surface area contributed by atoms with Crippen molar-refractivity contribution in [3.63, 3.8) is 0 Å². The number of anilines is 1. The molecular weight excluding hydrogens is 306 g/mol. The van der Waals surface area contributed by atoms with E-state index in [-0.39, 0.29) is 6.54 Å². The quantitative estimate of drug-likeness (QED) is 0.870. The Kier molecular flexibility index (Phi) is 4.80. The predicted octanol–water partition coefficient (Wildman–Crippen LogP) is 1.77. The summed E-state index contributed by atoms with van der Waals surface area (Å²) in [5.41, 5.74) is 2.41.